The minimum Gasteiger partial charge on any atom is -0.355 e. The van der Waals surface area contributed by atoms with Crippen molar-refractivity contribution in [2.75, 3.05) is 6.54 Å². The van der Waals surface area contributed by atoms with E-state index in [4.69, 9.17) is 0 Å². The van der Waals surface area contributed by atoms with Crippen molar-refractivity contribution in [2.24, 2.45) is 5.92 Å². The highest BCUT2D eigenvalue weighted by atomic mass is 79.9. The lowest BCUT2D eigenvalue weighted by Gasteiger charge is -2.11. The van der Waals surface area contributed by atoms with Crippen LogP contribution in [0.4, 0.5) is 0 Å². The highest BCUT2D eigenvalue weighted by Crippen LogP contribution is 2.26. The van der Waals surface area contributed by atoms with Gasteiger partial charge in [-0.2, -0.15) is 0 Å². The summed E-state index contributed by atoms with van der Waals surface area (Å²) >= 11 is 3.34. The van der Waals surface area contributed by atoms with Crippen LogP contribution in [0, 0.1) is 5.92 Å². The molecule has 1 aliphatic rings. The van der Waals surface area contributed by atoms with E-state index in [9.17, 15) is 4.79 Å². The summed E-state index contributed by atoms with van der Waals surface area (Å²) in [4.78, 5) is 11.4. The third-order valence-corrected chi connectivity index (χ3v) is 4.03. The summed E-state index contributed by atoms with van der Waals surface area (Å²) in [6.45, 7) is 2.86. The molecule has 82 valence electrons. The standard InChI is InChI=1S/C11H20BrNO/c1-2-10(12)11(14)13-8-7-9-5-3-4-6-9/h9-10H,2-8H2,1H3,(H,13,14). The Hall–Kier alpha value is -0.0500. The summed E-state index contributed by atoms with van der Waals surface area (Å²) in [5, 5.41) is 2.97. The van der Waals surface area contributed by atoms with Crippen LogP contribution >= 0.6 is 15.9 Å². The van der Waals surface area contributed by atoms with E-state index in [1.807, 2.05) is 6.92 Å². The Morgan fingerprint density at radius 3 is 2.71 bits per heavy atom. The number of halogens is 1. The molecular formula is C11H20BrNO. The predicted octanol–water partition coefficient (Wildman–Crippen LogP) is 2.86. The maximum atomic E-state index is 11.4. The van der Waals surface area contributed by atoms with Crippen molar-refractivity contribution in [3.8, 4) is 0 Å². The molecule has 1 unspecified atom stereocenters. The molecule has 1 N–H and O–H groups in total. The molecule has 0 aliphatic heterocycles. The molecule has 0 radical (unpaired) electrons. The summed E-state index contributed by atoms with van der Waals surface area (Å²) < 4.78 is 0. The number of alkyl halides is 1. The lowest BCUT2D eigenvalue weighted by molar-refractivity contribution is -0.120. The van der Waals surface area contributed by atoms with Crippen molar-refractivity contribution in [2.45, 2.75) is 50.3 Å². The molecule has 1 atom stereocenters. The number of carbonyl (C=O) groups excluding carboxylic acids is 1. The summed E-state index contributed by atoms with van der Waals surface area (Å²) in [6, 6.07) is 0. The molecule has 0 saturated heterocycles. The molecular weight excluding hydrogens is 242 g/mol. The number of hydrogen-bond donors (Lipinski definition) is 1. The van der Waals surface area contributed by atoms with Crippen molar-refractivity contribution in [1.29, 1.82) is 0 Å². The number of nitrogens with one attached hydrogen (secondary N) is 1. The number of rotatable bonds is 5. The summed E-state index contributed by atoms with van der Waals surface area (Å²) in [7, 11) is 0. The Bertz CT molecular complexity index is 178. The molecule has 0 heterocycles. The van der Waals surface area contributed by atoms with Gasteiger partial charge in [0.1, 0.15) is 0 Å². The molecule has 0 bridgehead atoms. The van der Waals surface area contributed by atoms with E-state index in [-0.39, 0.29) is 10.7 Å². The first kappa shape index (κ1) is 12.0. The lowest BCUT2D eigenvalue weighted by atomic mass is 10.0. The normalized spacial score (nSPS) is 19.6. The average molecular weight is 262 g/mol. The highest BCUT2D eigenvalue weighted by Gasteiger charge is 2.16. The number of carbonyl (C=O) groups is 1. The van der Waals surface area contributed by atoms with Gasteiger partial charge in [0, 0.05) is 6.54 Å². The quantitative estimate of drug-likeness (QED) is 0.758. The van der Waals surface area contributed by atoms with Crippen LogP contribution in [-0.4, -0.2) is 17.3 Å². The second-order valence-corrected chi connectivity index (χ2v) is 5.21. The fourth-order valence-electron chi connectivity index (χ4n) is 1.99. The Kier molecular flexibility index (Phi) is 5.53. The molecule has 0 aromatic rings. The van der Waals surface area contributed by atoms with Gasteiger partial charge in [0.2, 0.25) is 5.91 Å². The van der Waals surface area contributed by atoms with Crippen LogP contribution in [0.2, 0.25) is 0 Å². The molecule has 14 heavy (non-hydrogen) atoms. The smallest absolute Gasteiger partial charge is 0.233 e. The first-order chi connectivity index (χ1) is 6.74. The topological polar surface area (TPSA) is 29.1 Å². The van der Waals surface area contributed by atoms with Crippen LogP contribution in [0.15, 0.2) is 0 Å². The van der Waals surface area contributed by atoms with Gasteiger partial charge in [-0.05, 0) is 18.8 Å². The Morgan fingerprint density at radius 1 is 1.50 bits per heavy atom. The van der Waals surface area contributed by atoms with E-state index in [0.29, 0.717) is 0 Å². The zero-order chi connectivity index (χ0) is 10.4. The van der Waals surface area contributed by atoms with E-state index in [2.05, 4.69) is 21.2 Å². The van der Waals surface area contributed by atoms with E-state index < -0.39 is 0 Å². The molecule has 2 nitrogen and oxygen atoms in total. The molecule has 3 heteroatoms. The maximum Gasteiger partial charge on any atom is 0.233 e. The van der Waals surface area contributed by atoms with Gasteiger partial charge in [-0.1, -0.05) is 48.5 Å². The van der Waals surface area contributed by atoms with Crippen LogP contribution in [0.25, 0.3) is 0 Å². The molecule has 1 rings (SSSR count). The minimum atomic E-state index is -0.00826. The summed E-state index contributed by atoms with van der Waals surface area (Å²) in [6.07, 6.45) is 7.51. The maximum absolute atomic E-state index is 11.4. The average Bonchev–Trinajstić information content (AvgIpc) is 2.69. The van der Waals surface area contributed by atoms with Gasteiger partial charge in [0.15, 0.2) is 0 Å². The van der Waals surface area contributed by atoms with Crippen molar-refractivity contribution in [1.82, 2.24) is 5.32 Å². The van der Waals surface area contributed by atoms with Gasteiger partial charge in [-0.25, -0.2) is 0 Å². The SMILES string of the molecule is CCC(Br)C(=O)NCCC1CCCC1. The Balaban J connectivity index is 2.05. The van der Waals surface area contributed by atoms with Gasteiger partial charge < -0.3 is 5.32 Å². The van der Waals surface area contributed by atoms with Gasteiger partial charge in [0.25, 0.3) is 0 Å². The third kappa shape index (κ3) is 3.99. The molecule has 0 spiro atoms. The minimum absolute atomic E-state index is 0.00826. The highest BCUT2D eigenvalue weighted by molar-refractivity contribution is 9.10. The molecule has 1 fully saturated rings. The van der Waals surface area contributed by atoms with Gasteiger partial charge >= 0.3 is 0 Å². The van der Waals surface area contributed by atoms with E-state index >= 15 is 0 Å². The largest absolute Gasteiger partial charge is 0.355 e. The first-order valence-electron chi connectivity index (χ1n) is 5.65. The van der Waals surface area contributed by atoms with Crippen LogP contribution in [0.1, 0.15) is 45.4 Å². The van der Waals surface area contributed by atoms with Crippen LogP contribution in [0.3, 0.4) is 0 Å². The van der Waals surface area contributed by atoms with Crippen molar-refractivity contribution < 1.29 is 4.79 Å². The summed E-state index contributed by atoms with van der Waals surface area (Å²) in [5.41, 5.74) is 0. The van der Waals surface area contributed by atoms with Crippen molar-refractivity contribution in [3.05, 3.63) is 0 Å². The third-order valence-electron chi connectivity index (χ3n) is 2.97. The molecule has 1 aliphatic carbocycles. The predicted molar refractivity (Wildman–Crippen MR) is 62.6 cm³/mol. The molecule has 0 aromatic carbocycles. The Labute approximate surface area is 95.0 Å². The van der Waals surface area contributed by atoms with Gasteiger partial charge in [0.05, 0.1) is 4.83 Å². The fraction of sp³-hybridized carbons (Fsp3) is 0.909. The van der Waals surface area contributed by atoms with Crippen LogP contribution < -0.4 is 5.32 Å². The van der Waals surface area contributed by atoms with Crippen molar-refractivity contribution in [3.63, 3.8) is 0 Å². The fourth-order valence-corrected chi connectivity index (χ4v) is 2.16. The van der Waals surface area contributed by atoms with Crippen molar-refractivity contribution >= 4 is 21.8 Å². The second-order valence-electron chi connectivity index (χ2n) is 4.11. The van der Waals surface area contributed by atoms with E-state index in [1.54, 1.807) is 0 Å². The zero-order valence-electron chi connectivity index (χ0n) is 8.89. The zero-order valence-corrected chi connectivity index (χ0v) is 10.5. The van der Waals surface area contributed by atoms with Crippen LogP contribution in [-0.2, 0) is 4.79 Å². The molecule has 1 amide bonds. The second kappa shape index (κ2) is 6.44. The Morgan fingerprint density at radius 2 is 2.14 bits per heavy atom. The molecule has 0 aromatic heterocycles. The number of amides is 1. The van der Waals surface area contributed by atoms with Gasteiger partial charge in [-0.15, -0.1) is 0 Å². The first-order valence-corrected chi connectivity index (χ1v) is 6.57. The van der Waals surface area contributed by atoms with Gasteiger partial charge in [-0.3, -0.25) is 4.79 Å². The van der Waals surface area contributed by atoms with E-state index in [0.717, 1.165) is 25.3 Å². The van der Waals surface area contributed by atoms with Crippen LogP contribution in [0.5, 0.6) is 0 Å². The summed E-state index contributed by atoms with van der Waals surface area (Å²) in [5.74, 6) is 1.01. The monoisotopic (exact) mass is 261 g/mol. The van der Waals surface area contributed by atoms with E-state index in [1.165, 1.54) is 25.7 Å². The molecule has 1 saturated carbocycles. The number of hydrogen-bond acceptors (Lipinski definition) is 1. The lowest BCUT2D eigenvalue weighted by Crippen LogP contribution is -2.32.